The van der Waals surface area contributed by atoms with E-state index in [0.29, 0.717) is 17.7 Å². The lowest BCUT2D eigenvalue weighted by atomic mass is 10.1. The van der Waals surface area contributed by atoms with Gasteiger partial charge in [0, 0.05) is 16.9 Å². The highest BCUT2D eigenvalue weighted by molar-refractivity contribution is 5.94. The number of nitrogens with one attached hydrogen (secondary N) is 1. The van der Waals surface area contributed by atoms with Crippen molar-refractivity contribution in [1.82, 2.24) is 5.48 Å². The summed E-state index contributed by atoms with van der Waals surface area (Å²) in [7, 11) is 0. The number of carbonyl (C=O) groups excluding carboxylic acids is 2. The number of aryl methyl sites for hydroxylation is 1. The van der Waals surface area contributed by atoms with Gasteiger partial charge in [0.15, 0.2) is 0 Å². The van der Waals surface area contributed by atoms with Gasteiger partial charge in [-0.25, -0.2) is 5.48 Å². The van der Waals surface area contributed by atoms with E-state index >= 15 is 0 Å². The van der Waals surface area contributed by atoms with E-state index in [1.807, 2.05) is 31.2 Å². The van der Waals surface area contributed by atoms with Gasteiger partial charge in [0.05, 0.1) is 0 Å². The second-order valence-corrected chi connectivity index (χ2v) is 4.30. The van der Waals surface area contributed by atoms with Crippen molar-refractivity contribution in [2.24, 2.45) is 0 Å². The molecular formula is C15H14N2O3. The lowest BCUT2D eigenvalue weighted by Gasteiger charge is -2.18. The molecule has 0 aliphatic carbocycles. The van der Waals surface area contributed by atoms with Crippen LogP contribution in [0.5, 0.6) is 0 Å². The third-order valence-corrected chi connectivity index (χ3v) is 2.93. The van der Waals surface area contributed by atoms with E-state index in [1.165, 1.54) is 17.0 Å². The van der Waals surface area contributed by atoms with Crippen LogP contribution in [-0.2, 0) is 4.79 Å². The number of carbonyl (C=O) groups is 2. The minimum atomic E-state index is -0.593. The SMILES string of the molecule is Cc1ccc(N(C=O)c2ccc(C(=O)NO)cc2)cc1. The first-order valence-corrected chi connectivity index (χ1v) is 6.01. The van der Waals surface area contributed by atoms with E-state index in [-0.39, 0.29) is 0 Å². The van der Waals surface area contributed by atoms with Crippen LogP contribution in [0.2, 0.25) is 0 Å². The van der Waals surface area contributed by atoms with Crippen molar-refractivity contribution < 1.29 is 14.8 Å². The first-order chi connectivity index (χ1) is 9.65. The summed E-state index contributed by atoms with van der Waals surface area (Å²) in [6.45, 7) is 1.97. The molecule has 5 heteroatoms. The van der Waals surface area contributed by atoms with E-state index in [1.54, 1.807) is 17.6 Å². The van der Waals surface area contributed by atoms with E-state index < -0.39 is 5.91 Å². The van der Waals surface area contributed by atoms with E-state index in [2.05, 4.69) is 0 Å². The van der Waals surface area contributed by atoms with Crippen LogP contribution < -0.4 is 10.4 Å². The van der Waals surface area contributed by atoms with Gasteiger partial charge in [-0.3, -0.25) is 19.7 Å². The molecule has 0 heterocycles. The number of amides is 2. The monoisotopic (exact) mass is 270 g/mol. The smallest absolute Gasteiger partial charge is 0.274 e. The molecule has 0 atom stereocenters. The number of anilines is 2. The number of hydroxylamine groups is 1. The molecule has 2 amide bonds. The average molecular weight is 270 g/mol. The molecule has 0 saturated heterocycles. The van der Waals surface area contributed by atoms with Crippen LogP contribution in [0.3, 0.4) is 0 Å². The number of rotatable bonds is 4. The van der Waals surface area contributed by atoms with Crippen molar-refractivity contribution in [3.05, 3.63) is 59.7 Å². The number of nitrogens with zero attached hydrogens (tertiary/aromatic N) is 1. The molecule has 0 saturated carbocycles. The molecule has 5 nitrogen and oxygen atoms in total. The highest BCUT2D eigenvalue weighted by Gasteiger charge is 2.09. The minimum absolute atomic E-state index is 0.311. The summed E-state index contributed by atoms with van der Waals surface area (Å²) in [5.74, 6) is -0.593. The fourth-order valence-corrected chi connectivity index (χ4v) is 1.81. The summed E-state index contributed by atoms with van der Waals surface area (Å²) in [6, 6.07) is 13.9. The first-order valence-electron chi connectivity index (χ1n) is 6.01. The van der Waals surface area contributed by atoms with Crippen molar-refractivity contribution in [1.29, 1.82) is 0 Å². The molecule has 0 aliphatic heterocycles. The Bertz CT molecular complexity index is 606. The van der Waals surface area contributed by atoms with E-state index in [0.717, 1.165) is 11.3 Å². The standard InChI is InChI=1S/C15H14N2O3/c1-11-2-6-13(7-3-11)17(10-18)14-8-4-12(5-9-14)15(19)16-20/h2-10,20H,1H3,(H,16,19). The molecule has 102 valence electrons. The molecule has 0 aliphatic rings. The maximum atomic E-state index is 11.3. The van der Waals surface area contributed by atoms with Gasteiger partial charge in [-0.15, -0.1) is 0 Å². The largest absolute Gasteiger partial charge is 0.288 e. The fourth-order valence-electron chi connectivity index (χ4n) is 1.81. The van der Waals surface area contributed by atoms with Gasteiger partial charge >= 0.3 is 0 Å². The molecule has 0 fully saturated rings. The second-order valence-electron chi connectivity index (χ2n) is 4.30. The molecule has 0 aromatic heterocycles. The van der Waals surface area contributed by atoms with Crippen molar-refractivity contribution in [2.45, 2.75) is 6.92 Å². The third-order valence-electron chi connectivity index (χ3n) is 2.93. The molecule has 20 heavy (non-hydrogen) atoms. The highest BCUT2D eigenvalue weighted by Crippen LogP contribution is 2.24. The topological polar surface area (TPSA) is 69.6 Å². The Morgan fingerprint density at radius 2 is 1.55 bits per heavy atom. The molecule has 2 aromatic rings. The molecule has 0 bridgehead atoms. The summed E-state index contributed by atoms with van der Waals surface area (Å²) in [5.41, 5.74) is 4.36. The van der Waals surface area contributed by atoms with Crippen LogP contribution in [0.15, 0.2) is 48.5 Å². The maximum absolute atomic E-state index is 11.3. The Hall–Kier alpha value is -2.66. The number of hydrogen-bond acceptors (Lipinski definition) is 3. The molecule has 2 aromatic carbocycles. The van der Waals surface area contributed by atoms with E-state index in [4.69, 9.17) is 5.21 Å². The third kappa shape index (κ3) is 2.84. The van der Waals surface area contributed by atoms with Crippen LogP contribution in [0, 0.1) is 6.92 Å². The van der Waals surface area contributed by atoms with Crippen LogP contribution in [-0.4, -0.2) is 17.5 Å². The Kier molecular flexibility index (Phi) is 4.12. The quantitative estimate of drug-likeness (QED) is 0.509. The summed E-state index contributed by atoms with van der Waals surface area (Å²) >= 11 is 0. The first kappa shape index (κ1) is 13.8. The van der Waals surface area contributed by atoms with Gasteiger partial charge in [0.1, 0.15) is 0 Å². The number of hydrogen-bond donors (Lipinski definition) is 2. The molecule has 2 rings (SSSR count). The van der Waals surface area contributed by atoms with Gasteiger partial charge in [0.25, 0.3) is 5.91 Å². The zero-order valence-electron chi connectivity index (χ0n) is 10.9. The van der Waals surface area contributed by atoms with Gasteiger partial charge in [-0.05, 0) is 43.3 Å². The fraction of sp³-hybridized carbons (Fsp3) is 0.0667. The number of benzene rings is 2. The van der Waals surface area contributed by atoms with Gasteiger partial charge in [0.2, 0.25) is 6.41 Å². The van der Waals surface area contributed by atoms with Crippen LogP contribution >= 0.6 is 0 Å². The normalized spacial score (nSPS) is 9.90. The Morgan fingerprint density at radius 3 is 2.00 bits per heavy atom. The molecule has 0 spiro atoms. The van der Waals surface area contributed by atoms with Crippen LogP contribution in [0.4, 0.5) is 11.4 Å². The zero-order valence-corrected chi connectivity index (χ0v) is 10.9. The van der Waals surface area contributed by atoms with Gasteiger partial charge in [-0.1, -0.05) is 17.7 Å². The summed E-state index contributed by atoms with van der Waals surface area (Å²) < 4.78 is 0. The Morgan fingerprint density at radius 1 is 1.05 bits per heavy atom. The van der Waals surface area contributed by atoms with E-state index in [9.17, 15) is 9.59 Å². The maximum Gasteiger partial charge on any atom is 0.274 e. The van der Waals surface area contributed by atoms with Crippen molar-refractivity contribution >= 4 is 23.7 Å². The van der Waals surface area contributed by atoms with Crippen LogP contribution in [0.25, 0.3) is 0 Å². The predicted octanol–water partition coefficient (Wildman–Crippen LogP) is 2.41. The lowest BCUT2D eigenvalue weighted by molar-refractivity contribution is -0.106. The molecular weight excluding hydrogens is 256 g/mol. The average Bonchev–Trinajstić information content (AvgIpc) is 2.50. The molecule has 0 unspecified atom stereocenters. The highest BCUT2D eigenvalue weighted by atomic mass is 16.5. The predicted molar refractivity (Wildman–Crippen MR) is 75.1 cm³/mol. The van der Waals surface area contributed by atoms with Crippen molar-refractivity contribution in [3.63, 3.8) is 0 Å². The summed E-state index contributed by atoms with van der Waals surface area (Å²) in [5, 5.41) is 8.55. The van der Waals surface area contributed by atoms with Gasteiger partial charge < -0.3 is 0 Å². The minimum Gasteiger partial charge on any atom is -0.288 e. The van der Waals surface area contributed by atoms with Gasteiger partial charge in [-0.2, -0.15) is 0 Å². The lowest BCUT2D eigenvalue weighted by Crippen LogP contribution is -2.19. The summed E-state index contributed by atoms with van der Waals surface area (Å²) in [6.07, 6.45) is 0.714. The molecule has 0 radical (unpaired) electrons. The Balaban J connectivity index is 2.30. The van der Waals surface area contributed by atoms with Crippen molar-refractivity contribution in [2.75, 3.05) is 4.90 Å². The Labute approximate surface area is 116 Å². The zero-order chi connectivity index (χ0) is 14.5. The second kappa shape index (κ2) is 5.99. The summed E-state index contributed by atoms with van der Waals surface area (Å²) in [4.78, 5) is 24.0. The van der Waals surface area contributed by atoms with Crippen molar-refractivity contribution in [3.8, 4) is 0 Å². The molecule has 2 N–H and O–H groups in total. The van der Waals surface area contributed by atoms with Crippen LogP contribution in [0.1, 0.15) is 15.9 Å².